The van der Waals surface area contributed by atoms with Crippen LogP contribution in [0.3, 0.4) is 0 Å². The summed E-state index contributed by atoms with van der Waals surface area (Å²) in [4.78, 5) is 12.3. The van der Waals surface area contributed by atoms with Crippen molar-refractivity contribution < 1.29 is 22.9 Å². The molecule has 34 heavy (non-hydrogen) atoms. The molecule has 0 spiro atoms. The van der Waals surface area contributed by atoms with E-state index >= 15 is 0 Å². The second kappa shape index (κ2) is 22.1. The van der Waals surface area contributed by atoms with Gasteiger partial charge in [-0.3, -0.25) is 9.35 Å². The van der Waals surface area contributed by atoms with E-state index in [1.807, 2.05) is 0 Å². The Labute approximate surface area is 208 Å². The fraction of sp³-hybridized carbons (Fsp3) is 0.741. The minimum atomic E-state index is -4.33. The molecule has 0 radical (unpaired) electrons. The number of carbonyl (C=O) groups is 1. The first-order valence-corrected chi connectivity index (χ1v) is 14.8. The van der Waals surface area contributed by atoms with Gasteiger partial charge in [0, 0.05) is 6.42 Å². The van der Waals surface area contributed by atoms with Gasteiger partial charge in [0.1, 0.15) is 0 Å². The largest absolute Gasteiger partial charge is 0.387 e. The summed E-state index contributed by atoms with van der Waals surface area (Å²) in [5.41, 5.74) is 0. The van der Waals surface area contributed by atoms with Crippen molar-refractivity contribution in [1.82, 2.24) is 5.32 Å². The molecule has 0 aromatic rings. The monoisotopic (exact) mass is 499 g/mol. The lowest BCUT2D eigenvalue weighted by atomic mass is 10.1. The number of aliphatic hydroxyl groups is 1. The Balaban J connectivity index is 4.20. The van der Waals surface area contributed by atoms with E-state index in [1.54, 1.807) is 6.08 Å². The molecule has 0 saturated carbocycles. The lowest BCUT2D eigenvalue weighted by Crippen LogP contribution is -2.46. The third kappa shape index (κ3) is 22.4. The number of nitrogens with one attached hydrogen (secondary N) is 1. The maximum absolute atomic E-state index is 12.3. The highest BCUT2D eigenvalue weighted by Crippen LogP contribution is 2.09. The molecule has 3 N–H and O–H groups in total. The maximum atomic E-state index is 12.3. The van der Waals surface area contributed by atoms with Crippen LogP contribution in [0.25, 0.3) is 0 Å². The molecule has 2 atom stereocenters. The van der Waals surface area contributed by atoms with Crippen LogP contribution in [-0.2, 0) is 14.9 Å². The number of hydrogen-bond donors (Lipinski definition) is 3. The summed E-state index contributed by atoms with van der Waals surface area (Å²) >= 11 is 0. The third-order valence-electron chi connectivity index (χ3n) is 5.52. The zero-order valence-electron chi connectivity index (χ0n) is 21.5. The lowest BCUT2D eigenvalue weighted by Gasteiger charge is -2.21. The molecule has 198 valence electrons. The maximum Gasteiger partial charge on any atom is 0.267 e. The SMILES string of the molecule is CCC/C=C/CC/C=C/C(O)C(CS(=O)(=O)O)NC(=O)CCCCCCC/C=C\CCCCC. The second-order valence-electron chi connectivity index (χ2n) is 8.95. The molecular formula is C27H49NO5S. The molecule has 2 unspecified atom stereocenters. The molecule has 0 aliphatic carbocycles. The molecule has 0 bridgehead atoms. The van der Waals surface area contributed by atoms with E-state index in [0.29, 0.717) is 12.8 Å². The number of hydrogen-bond acceptors (Lipinski definition) is 4. The first-order chi connectivity index (χ1) is 16.3. The van der Waals surface area contributed by atoms with Crippen LogP contribution < -0.4 is 5.32 Å². The van der Waals surface area contributed by atoms with Crippen LogP contribution in [0.5, 0.6) is 0 Å². The Kier molecular flexibility index (Phi) is 21.1. The number of carbonyl (C=O) groups excluding carboxylic acids is 1. The summed E-state index contributed by atoms with van der Waals surface area (Å²) in [5, 5.41) is 12.9. The Bertz CT molecular complexity index is 685. The van der Waals surface area contributed by atoms with E-state index in [9.17, 15) is 22.9 Å². The van der Waals surface area contributed by atoms with Crippen molar-refractivity contribution in [3.8, 4) is 0 Å². The smallest absolute Gasteiger partial charge is 0.267 e. The number of rotatable bonds is 22. The number of unbranched alkanes of at least 4 members (excludes halogenated alkanes) is 10. The van der Waals surface area contributed by atoms with Gasteiger partial charge in [0.05, 0.1) is 17.9 Å². The molecule has 0 heterocycles. The van der Waals surface area contributed by atoms with Crippen LogP contribution in [0.15, 0.2) is 36.5 Å². The van der Waals surface area contributed by atoms with Gasteiger partial charge >= 0.3 is 0 Å². The van der Waals surface area contributed by atoms with Crippen LogP contribution in [0.4, 0.5) is 0 Å². The van der Waals surface area contributed by atoms with Gasteiger partial charge in [0.15, 0.2) is 0 Å². The van der Waals surface area contributed by atoms with E-state index in [1.165, 1.54) is 31.8 Å². The summed E-state index contributed by atoms with van der Waals surface area (Å²) in [6, 6.07) is -1.07. The molecule has 1 amide bonds. The van der Waals surface area contributed by atoms with Crippen molar-refractivity contribution in [2.75, 3.05) is 5.75 Å². The first-order valence-electron chi connectivity index (χ1n) is 13.2. The first kappa shape index (κ1) is 32.6. The quantitative estimate of drug-likeness (QED) is 0.0924. The predicted octanol–water partition coefficient (Wildman–Crippen LogP) is 6.28. The van der Waals surface area contributed by atoms with Gasteiger partial charge in [-0.1, -0.05) is 88.8 Å². The molecule has 0 fully saturated rings. The van der Waals surface area contributed by atoms with Gasteiger partial charge in [-0.15, -0.1) is 0 Å². The van der Waals surface area contributed by atoms with Crippen LogP contribution in [-0.4, -0.2) is 41.9 Å². The Morgan fingerprint density at radius 2 is 1.32 bits per heavy atom. The van der Waals surface area contributed by atoms with E-state index in [4.69, 9.17) is 0 Å². The van der Waals surface area contributed by atoms with Crippen LogP contribution >= 0.6 is 0 Å². The third-order valence-corrected chi connectivity index (χ3v) is 6.30. The van der Waals surface area contributed by atoms with Crippen LogP contribution in [0, 0.1) is 0 Å². The van der Waals surface area contributed by atoms with E-state index < -0.39 is 28.0 Å². The molecule has 7 heteroatoms. The van der Waals surface area contributed by atoms with Crippen LogP contribution in [0.1, 0.15) is 110 Å². The molecule has 0 aliphatic heterocycles. The van der Waals surface area contributed by atoms with E-state index in [2.05, 4.69) is 43.5 Å². The normalized spacial score (nSPS) is 14.4. The van der Waals surface area contributed by atoms with Crippen molar-refractivity contribution in [2.24, 2.45) is 0 Å². The van der Waals surface area contributed by atoms with Crippen molar-refractivity contribution in [3.05, 3.63) is 36.5 Å². The van der Waals surface area contributed by atoms with Gasteiger partial charge in [-0.25, -0.2) is 0 Å². The second-order valence-corrected chi connectivity index (χ2v) is 10.4. The van der Waals surface area contributed by atoms with Crippen molar-refractivity contribution in [3.63, 3.8) is 0 Å². The summed E-state index contributed by atoms with van der Waals surface area (Å²) in [6.07, 6.45) is 25.8. The Morgan fingerprint density at radius 1 is 0.765 bits per heavy atom. The zero-order chi connectivity index (χ0) is 25.5. The number of allylic oxidation sites excluding steroid dienone is 5. The minimum Gasteiger partial charge on any atom is -0.387 e. The molecule has 0 saturated heterocycles. The Morgan fingerprint density at radius 3 is 1.97 bits per heavy atom. The minimum absolute atomic E-state index is 0.276. The summed E-state index contributed by atoms with van der Waals surface area (Å²) < 4.78 is 31.9. The molecule has 0 aromatic carbocycles. The predicted molar refractivity (Wildman–Crippen MR) is 142 cm³/mol. The van der Waals surface area contributed by atoms with Gasteiger partial charge < -0.3 is 10.4 Å². The molecule has 0 aliphatic rings. The molecule has 0 aromatic heterocycles. The highest BCUT2D eigenvalue weighted by Gasteiger charge is 2.24. The topological polar surface area (TPSA) is 104 Å². The zero-order valence-corrected chi connectivity index (χ0v) is 22.3. The van der Waals surface area contributed by atoms with Crippen LogP contribution in [0.2, 0.25) is 0 Å². The van der Waals surface area contributed by atoms with Crippen molar-refractivity contribution in [2.45, 2.75) is 122 Å². The highest BCUT2D eigenvalue weighted by atomic mass is 32.2. The van der Waals surface area contributed by atoms with Gasteiger partial charge in [0.25, 0.3) is 10.1 Å². The van der Waals surface area contributed by atoms with E-state index in [0.717, 1.165) is 51.4 Å². The molecule has 0 rings (SSSR count). The Hall–Kier alpha value is -1.44. The van der Waals surface area contributed by atoms with Gasteiger partial charge in [0.2, 0.25) is 5.91 Å². The van der Waals surface area contributed by atoms with E-state index in [-0.39, 0.29) is 12.3 Å². The number of amides is 1. The highest BCUT2D eigenvalue weighted by molar-refractivity contribution is 7.85. The summed E-state index contributed by atoms with van der Waals surface area (Å²) in [5.74, 6) is -1.02. The van der Waals surface area contributed by atoms with Gasteiger partial charge in [-0.2, -0.15) is 8.42 Å². The van der Waals surface area contributed by atoms with Gasteiger partial charge in [-0.05, 0) is 51.4 Å². The average Bonchev–Trinajstić information content (AvgIpc) is 2.77. The molecular weight excluding hydrogens is 450 g/mol. The lowest BCUT2D eigenvalue weighted by molar-refractivity contribution is -0.122. The van der Waals surface area contributed by atoms with Crippen molar-refractivity contribution in [1.29, 1.82) is 0 Å². The summed E-state index contributed by atoms with van der Waals surface area (Å²) in [7, 11) is -4.33. The average molecular weight is 500 g/mol. The number of aliphatic hydroxyl groups excluding tert-OH is 1. The molecule has 6 nitrogen and oxygen atoms in total. The fourth-order valence-corrected chi connectivity index (χ4v) is 4.26. The van der Waals surface area contributed by atoms with Crippen molar-refractivity contribution >= 4 is 16.0 Å². The standard InChI is InChI=1S/C27H49NO5S/c1-3-5-7-9-11-12-13-14-15-17-19-21-23-27(30)28-25(24-34(31,32)33)26(29)22-20-18-16-10-8-6-4-2/h8,10-12,20,22,25-26,29H,3-7,9,13-19,21,23-24H2,1-2H3,(H,28,30)(H,31,32,33)/b10-8+,12-11-,22-20+. The summed E-state index contributed by atoms with van der Waals surface area (Å²) in [6.45, 7) is 4.32. The fourth-order valence-electron chi connectivity index (χ4n) is 3.52.